The zero-order valence-electron chi connectivity index (χ0n) is 11.3. The van der Waals surface area contributed by atoms with Crippen LogP contribution in [0.25, 0.3) is 0 Å². The highest BCUT2D eigenvalue weighted by atomic mass is 16.2. The number of amides is 4. The molecular formula is C13H21N3O3. The Balaban J connectivity index is 1.89. The Kier molecular flexibility index (Phi) is 4.07. The number of imide groups is 1. The number of carbonyl (C=O) groups is 3. The summed E-state index contributed by atoms with van der Waals surface area (Å²) in [5.41, 5.74) is -0.670. The van der Waals surface area contributed by atoms with E-state index in [4.69, 9.17) is 0 Å². The summed E-state index contributed by atoms with van der Waals surface area (Å²) in [5.74, 6) is -0.270. The van der Waals surface area contributed by atoms with Gasteiger partial charge in [0, 0.05) is 19.5 Å². The first-order chi connectivity index (χ1) is 9.09. The molecule has 1 saturated carbocycles. The summed E-state index contributed by atoms with van der Waals surface area (Å²) in [6, 6.07) is -0.352. The van der Waals surface area contributed by atoms with Gasteiger partial charge in [-0.15, -0.1) is 0 Å². The maximum Gasteiger partial charge on any atom is 0.325 e. The van der Waals surface area contributed by atoms with Gasteiger partial charge >= 0.3 is 6.03 Å². The van der Waals surface area contributed by atoms with Gasteiger partial charge in [0.1, 0.15) is 5.54 Å². The Bertz CT molecular complexity index is 389. The zero-order valence-corrected chi connectivity index (χ0v) is 11.3. The van der Waals surface area contributed by atoms with E-state index in [1.54, 1.807) is 0 Å². The highest BCUT2D eigenvalue weighted by Crippen LogP contribution is 2.34. The quantitative estimate of drug-likeness (QED) is 0.722. The second kappa shape index (κ2) is 5.59. The molecule has 2 rings (SSSR count). The van der Waals surface area contributed by atoms with E-state index >= 15 is 0 Å². The third-order valence-corrected chi connectivity index (χ3v) is 3.84. The molecule has 4 amide bonds. The summed E-state index contributed by atoms with van der Waals surface area (Å²) in [7, 11) is 0. The molecule has 1 aliphatic carbocycles. The van der Waals surface area contributed by atoms with Crippen LogP contribution in [0.4, 0.5) is 4.79 Å². The molecule has 2 fully saturated rings. The Labute approximate surface area is 112 Å². The van der Waals surface area contributed by atoms with Crippen molar-refractivity contribution < 1.29 is 14.4 Å². The first kappa shape index (κ1) is 13.8. The minimum atomic E-state index is -0.670. The minimum absolute atomic E-state index is 0.116. The van der Waals surface area contributed by atoms with Crippen LogP contribution in [0.5, 0.6) is 0 Å². The fourth-order valence-corrected chi connectivity index (χ4v) is 2.76. The second-order valence-corrected chi connectivity index (χ2v) is 5.28. The monoisotopic (exact) mass is 267 g/mol. The third-order valence-electron chi connectivity index (χ3n) is 3.84. The van der Waals surface area contributed by atoms with E-state index in [9.17, 15) is 14.4 Å². The van der Waals surface area contributed by atoms with E-state index in [0.29, 0.717) is 6.54 Å². The smallest absolute Gasteiger partial charge is 0.325 e. The van der Waals surface area contributed by atoms with E-state index in [1.807, 2.05) is 6.92 Å². The molecule has 106 valence electrons. The largest absolute Gasteiger partial charge is 0.356 e. The minimum Gasteiger partial charge on any atom is -0.356 e. The highest BCUT2D eigenvalue weighted by molar-refractivity contribution is 6.07. The van der Waals surface area contributed by atoms with Gasteiger partial charge in [0.15, 0.2) is 0 Å². The first-order valence-corrected chi connectivity index (χ1v) is 7.00. The van der Waals surface area contributed by atoms with Crippen LogP contribution in [0.15, 0.2) is 0 Å². The number of hydrogen-bond donors (Lipinski definition) is 2. The van der Waals surface area contributed by atoms with Gasteiger partial charge in [-0.05, 0) is 19.3 Å². The fraction of sp³-hybridized carbons (Fsp3) is 0.769. The lowest BCUT2D eigenvalue weighted by molar-refractivity contribution is -0.131. The predicted molar refractivity (Wildman–Crippen MR) is 69.4 cm³/mol. The van der Waals surface area contributed by atoms with Gasteiger partial charge in [0.05, 0.1) is 0 Å². The van der Waals surface area contributed by atoms with Gasteiger partial charge in [0.2, 0.25) is 5.91 Å². The molecule has 0 aromatic rings. The molecule has 0 bridgehead atoms. The van der Waals surface area contributed by atoms with Crippen LogP contribution in [-0.2, 0) is 9.59 Å². The van der Waals surface area contributed by atoms with Crippen molar-refractivity contribution in [3.05, 3.63) is 0 Å². The lowest BCUT2D eigenvalue weighted by atomic mass is 9.98. The van der Waals surface area contributed by atoms with Crippen LogP contribution in [0.2, 0.25) is 0 Å². The maximum atomic E-state index is 12.3. The van der Waals surface area contributed by atoms with Gasteiger partial charge in [-0.3, -0.25) is 14.5 Å². The molecule has 6 nitrogen and oxygen atoms in total. The van der Waals surface area contributed by atoms with Crippen LogP contribution < -0.4 is 10.6 Å². The van der Waals surface area contributed by atoms with Crippen molar-refractivity contribution in [2.75, 3.05) is 13.1 Å². The standard InChI is InChI=1S/C13H21N3O3/c1-2-8-14-10(17)5-9-16-11(18)13(15-12(16)19)6-3-4-7-13/h2-9H2,1H3,(H,14,17)(H,15,19). The fourth-order valence-electron chi connectivity index (χ4n) is 2.76. The van der Waals surface area contributed by atoms with E-state index in [1.165, 1.54) is 4.90 Å². The van der Waals surface area contributed by atoms with Crippen molar-refractivity contribution in [3.63, 3.8) is 0 Å². The van der Waals surface area contributed by atoms with Crippen LogP contribution in [0.1, 0.15) is 45.4 Å². The zero-order chi connectivity index (χ0) is 13.9. The van der Waals surface area contributed by atoms with E-state index in [0.717, 1.165) is 32.1 Å². The summed E-state index contributed by atoms with van der Waals surface area (Å²) < 4.78 is 0. The number of carbonyl (C=O) groups excluding carboxylic acids is 3. The Morgan fingerprint density at radius 3 is 2.68 bits per heavy atom. The molecule has 0 radical (unpaired) electrons. The molecule has 1 aliphatic heterocycles. The topological polar surface area (TPSA) is 78.5 Å². The number of rotatable bonds is 5. The van der Waals surface area contributed by atoms with E-state index in [2.05, 4.69) is 10.6 Å². The summed E-state index contributed by atoms with van der Waals surface area (Å²) in [6.07, 6.45) is 4.42. The number of urea groups is 1. The van der Waals surface area contributed by atoms with Crippen molar-refractivity contribution in [2.45, 2.75) is 51.0 Å². The first-order valence-electron chi connectivity index (χ1n) is 7.00. The average molecular weight is 267 g/mol. The second-order valence-electron chi connectivity index (χ2n) is 5.28. The van der Waals surface area contributed by atoms with Crippen molar-refractivity contribution in [1.29, 1.82) is 0 Å². The molecule has 0 aromatic heterocycles. The summed E-state index contributed by atoms with van der Waals surface area (Å²) in [6.45, 7) is 2.77. The van der Waals surface area contributed by atoms with Gasteiger partial charge < -0.3 is 10.6 Å². The molecule has 19 heavy (non-hydrogen) atoms. The summed E-state index contributed by atoms with van der Waals surface area (Å²) in [4.78, 5) is 36.8. The normalized spacial score (nSPS) is 21.0. The SMILES string of the molecule is CCCNC(=O)CCN1C(=O)NC2(CCCC2)C1=O. The summed E-state index contributed by atoms with van der Waals surface area (Å²) in [5, 5.41) is 5.54. The Morgan fingerprint density at radius 2 is 2.05 bits per heavy atom. The third kappa shape index (κ3) is 2.72. The molecule has 1 saturated heterocycles. The molecule has 0 atom stereocenters. The van der Waals surface area contributed by atoms with Crippen LogP contribution in [0, 0.1) is 0 Å². The van der Waals surface area contributed by atoms with Crippen molar-refractivity contribution in [2.24, 2.45) is 0 Å². The van der Waals surface area contributed by atoms with Crippen molar-refractivity contribution >= 4 is 17.8 Å². The molecule has 2 N–H and O–H groups in total. The van der Waals surface area contributed by atoms with Crippen LogP contribution in [-0.4, -0.2) is 41.4 Å². The van der Waals surface area contributed by atoms with Crippen LogP contribution >= 0.6 is 0 Å². The Morgan fingerprint density at radius 1 is 1.37 bits per heavy atom. The lowest BCUT2D eigenvalue weighted by Gasteiger charge is -2.19. The van der Waals surface area contributed by atoms with Gasteiger partial charge in [-0.2, -0.15) is 0 Å². The van der Waals surface area contributed by atoms with Crippen LogP contribution in [0.3, 0.4) is 0 Å². The van der Waals surface area contributed by atoms with E-state index in [-0.39, 0.29) is 30.8 Å². The predicted octanol–water partition coefficient (Wildman–Crippen LogP) is 0.767. The molecule has 6 heteroatoms. The Hall–Kier alpha value is -1.59. The number of nitrogens with one attached hydrogen (secondary N) is 2. The van der Waals surface area contributed by atoms with Gasteiger partial charge in [-0.25, -0.2) is 4.79 Å². The highest BCUT2D eigenvalue weighted by Gasteiger charge is 2.52. The molecule has 0 unspecified atom stereocenters. The molecule has 0 aromatic carbocycles. The lowest BCUT2D eigenvalue weighted by Crippen LogP contribution is -2.44. The number of nitrogens with zero attached hydrogens (tertiary/aromatic N) is 1. The van der Waals surface area contributed by atoms with Gasteiger partial charge in [0.25, 0.3) is 5.91 Å². The molecular weight excluding hydrogens is 246 g/mol. The van der Waals surface area contributed by atoms with Crippen molar-refractivity contribution in [1.82, 2.24) is 15.5 Å². The average Bonchev–Trinajstić information content (AvgIpc) is 2.93. The number of hydrogen-bond acceptors (Lipinski definition) is 3. The molecule has 1 spiro atoms. The van der Waals surface area contributed by atoms with E-state index < -0.39 is 5.54 Å². The molecule has 2 aliphatic rings. The van der Waals surface area contributed by atoms with Crippen molar-refractivity contribution in [3.8, 4) is 0 Å². The maximum absolute atomic E-state index is 12.3. The summed E-state index contributed by atoms with van der Waals surface area (Å²) >= 11 is 0. The van der Waals surface area contributed by atoms with Gasteiger partial charge in [-0.1, -0.05) is 19.8 Å². The molecule has 1 heterocycles.